The van der Waals surface area contributed by atoms with E-state index in [1.165, 1.54) is 0 Å². The Kier molecular flexibility index (Phi) is 1.85. The van der Waals surface area contributed by atoms with Crippen LogP contribution in [0.5, 0.6) is 0 Å². The van der Waals surface area contributed by atoms with E-state index in [0.29, 0.717) is 0 Å². The highest BCUT2D eigenvalue weighted by Gasteiger charge is 2.31. The van der Waals surface area contributed by atoms with Gasteiger partial charge in [0.05, 0.1) is 5.92 Å². The van der Waals surface area contributed by atoms with E-state index in [0.717, 1.165) is 5.56 Å². The standard InChI is InChI=1S/C10H9NO2/c12-9-6-8(10(13)11-9)7-4-2-1-3-5-7/h1-5,8H,6H2,(H,11,12,13). The van der Waals surface area contributed by atoms with Gasteiger partial charge in [0.15, 0.2) is 0 Å². The first-order valence-electron chi connectivity index (χ1n) is 4.16. The van der Waals surface area contributed by atoms with Gasteiger partial charge in [0.25, 0.3) is 0 Å². The third-order valence-corrected chi connectivity index (χ3v) is 2.17. The fraction of sp³-hybridized carbons (Fsp3) is 0.200. The van der Waals surface area contributed by atoms with Crippen molar-refractivity contribution in [2.24, 2.45) is 0 Å². The van der Waals surface area contributed by atoms with E-state index in [2.05, 4.69) is 5.32 Å². The van der Waals surface area contributed by atoms with Gasteiger partial charge in [-0.05, 0) is 5.56 Å². The zero-order valence-corrected chi connectivity index (χ0v) is 6.99. The largest absolute Gasteiger partial charge is 0.296 e. The van der Waals surface area contributed by atoms with E-state index >= 15 is 0 Å². The van der Waals surface area contributed by atoms with Crippen molar-refractivity contribution in [2.45, 2.75) is 12.3 Å². The third kappa shape index (κ3) is 1.45. The maximum absolute atomic E-state index is 11.3. The van der Waals surface area contributed by atoms with Gasteiger partial charge in [0, 0.05) is 6.42 Å². The molecule has 0 aromatic heterocycles. The Morgan fingerprint density at radius 3 is 2.38 bits per heavy atom. The van der Waals surface area contributed by atoms with Crippen LogP contribution in [-0.4, -0.2) is 11.8 Å². The van der Waals surface area contributed by atoms with Crippen LogP contribution in [0.15, 0.2) is 30.3 Å². The lowest BCUT2D eigenvalue weighted by molar-refractivity contribution is -0.125. The average molecular weight is 175 g/mol. The lowest BCUT2D eigenvalue weighted by atomic mass is 9.98. The first-order chi connectivity index (χ1) is 6.27. The van der Waals surface area contributed by atoms with E-state index in [4.69, 9.17) is 0 Å². The van der Waals surface area contributed by atoms with Crippen LogP contribution in [0.1, 0.15) is 17.9 Å². The maximum Gasteiger partial charge on any atom is 0.234 e. The van der Waals surface area contributed by atoms with Crippen LogP contribution in [0.4, 0.5) is 0 Å². The minimum atomic E-state index is -0.284. The summed E-state index contributed by atoms with van der Waals surface area (Å²) < 4.78 is 0. The van der Waals surface area contributed by atoms with Crippen LogP contribution in [0.3, 0.4) is 0 Å². The fourth-order valence-electron chi connectivity index (χ4n) is 1.51. The Labute approximate surface area is 75.8 Å². The van der Waals surface area contributed by atoms with Crippen LogP contribution in [0, 0.1) is 0 Å². The van der Waals surface area contributed by atoms with Crippen molar-refractivity contribution < 1.29 is 9.59 Å². The molecule has 1 aromatic rings. The quantitative estimate of drug-likeness (QED) is 0.642. The molecule has 13 heavy (non-hydrogen) atoms. The second kappa shape index (κ2) is 3.01. The molecule has 1 atom stereocenters. The van der Waals surface area contributed by atoms with Crippen molar-refractivity contribution in [3.8, 4) is 0 Å². The van der Waals surface area contributed by atoms with E-state index in [1.54, 1.807) is 0 Å². The molecular formula is C10H9NO2. The number of hydrogen-bond acceptors (Lipinski definition) is 2. The summed E-state index contributed by atoms with van der Waals surface area (Å²) in [6.07, 6.45) is 0.281. The Morgan fingerprint density at radius 2 is 1.85 bits per heavy atom. The minimum absolute atomic E-state index is 0.182. The van der Waals surface area contributed by atoms with E-state index in [1.807, 2.05) is 30.3 Å². The van der Waals surface area contributed by atoms with Gasteiger partial charge in [-0.15, -0.1) is 0 Å². The van der Waals surface area contributed by atoms with Crippen molar-refractivity contribution in [1.29, 1.82) is 0 Å². The highest BCUT2D eigenvalue weighted by atomic mass is 16.2. The third-order valence-electron chi connectivity index (χ3n) is 2.17. The van der Waals surface area contributed by atoms with E-state index < -0.39 is 0 Å². The second-order valence-electron chi connectivity index (χ2n) is 3.08. The van der Waals surface area contributed by atoms with Crippen molar-refractivity contribution in [3.05, 3.63) is 35.9 Å². The summed E-state index contributed by atoms with van der Waals surface area (Å²) in [6.45, 7) is 0. The summed E-state index contributed by atoms with van der Waals surface area (Å²) in [4.78, 5) is 22.2. The fourth-order valence-corrected chi connectivity index (χ4v) is 1.51. The SMILES string of the molecule is O=C1CC(c2ccccc2)C(=O)N1. The van der Waals surface area contributed by atoms with Gasteiger partial charge in [-0.25, -0.2) is 0 Å². The van der Waals surface area contributed by atoms with E-state index in [9.17, 15) is 9.59 Å². The predicted molar refractivity (Wildman–Crippen MR) is 46.9 cm³/mol. The summed E-state index contributed by atoms with van der Waals surface area (Å²) in [7, 11) is 0. The van der Waals surface area contributed by atoms with Crippen molar-refractivity contribution >= 4 is 11.8 Å². The van der Waals surface area contributed by atoms with Gasteiger partial charge in [-0.3, -0.25) is 14.9 Å². The number of carbonyl (C=O) groups excluding carboxylic acids is 2. The molecule has 3 nitrogen and oxygen atoms in total. The molecule has 1 heterocycles. The van der Waals surface area contributed by atoms with Crippen molar-refractivity contribution in [3.63, 3.8) is 0 Å². The number of nitrogens with one attached hydrogen (secondary N) is 1. The summed E-state index contributed by atoms with van der Waals surface area (Å²) in [5, 5.41) is 2.29. The highest BCUT2D eigenvalue weighted by Crippen LogP contribution is 2.23. The van der Waals surface area contributed by atoms with Crippen molar-refractivity contribution in [2.75, 3.05) is 0 Å². The number of rotatable bonds is 1. The molecule has 0 aliphatic carbocycles. The number of hydrogen-bond donors (Lipinski definition) is 1. The smallest absolute Gasteiger partial charge is 0.234 e. The number of benzene rings is 1. The van der Waals surface area contributed by atoms with Gasteiger partial charge in [0.1, 0.15) is 0 Å². The lowest BCUT2D eigenvalue weighted by Gasteiger charge is -2.04. The summed E-state index contributed by atoms with van der Waals surface area (Å²) in [6, 6.07) is 9.35. The van der Waals surface area contributed by atoms with Crippen molar-refractivity contribution in [1.82, 2.24) is 5.32 Å². The molecule has 1 fully saturated rings. The highest BCUT2D eigenvalue weighted by molar-refractivity contribution is 6.06. The second-order valence-corrected chi connectivity index (χ2v) is 3.08. The predicted octanol–water partition coefficient (Wildman–Crippen LogP) is 0.817. The number of imide groups is 1. The zero-order valence-electron chi connectivity index (χ0n) is 6.99. The van der Waals surface area contributed by atoms with Crippen LogP contribution >= 0.6 is 0 Å². The Morgan fingerprint density at radius 1 is 1.15 bits per heavy atom. The summed E-state index contributed by atoms with van der Waals surface area (Å²) in [5.74, 6) is -0.649. The molecule has 0 saturated carbocycles. The van der Waals surface area contributed by atoms with Gasteiger partial charge >= 0.3 is 0 Å². The molecule has 1 N–H and O–H groups in total. The van der Waals surface area contributed by atoms with E-state index in [-0.39, 0.29) is 24.2 Å². The first-order valence-corrected chi connectivity index (χ1v) is 4.16. The lowest BCUT2D eigenvalue weighted by Crippen LogP contribution is -2.21. The molecule has 1 saturated heterocycles. The van der Waals surface area contributed by atoms with Gasteiger partial charge in [-0.1, -0.05) is 30.3 Å². The molecule has 66 valence electrons. The molecule has 3 heteroatoms. The average Bonchev–Trinajstić information content (AvgIpc) is 2.47. The van der Waals surface area contributed by atoms with Crippen LogP contribution < -0.4 is 5.32 Å². The Bertz CT molecular complexity index is 345. The minimum Gasteiger partial charge on any atom is -0.296 e. The molecule has 0 bridgehead atoms. The Hall–Kier alpha value is -1.64. The molecule has 1 aromatic carbocycles. The normalized spacial score (nSPS) is 21.7. The van der Waals surface area contributed by atoms with Crippen LogP contribution in [-0.2, 0) is 9.59 Å². The molecule has 2 rings (SSSR count). The number of amides is 2. The first kappa shape index (κ1) is 7.98. The summed E-state index contributed by atoms with van der Waals surface area (Å²) in [5.41, 5.74) is 0.908. The molecule has 2 amide bonds. The molecule has 1 aliphatic heterocycles. The molecular weight excluding hydrogens is 166 g/mol. The Balaban J connectivity index is 2.28. The van der Waals surface area contributed by atoms with Crippen LogP contribution in [0.25, 0.3) is 0 Å². The maximum atomic E-state index is 11.3. The molecule has 1 aliphatic rings. The zero-order chi connectivity index (χ0) is 9.26. The van der Waals surface area contributed by atoms with Gasteiger partial charge < -0.3 is 0 Å². The van der Waals surface area contributed by atoms with Crippen LogP contribution in [0.2, 0.25) is 0 Å². The topological polar surface area (TPSA) is 46.2 Å². The van der Waals surface area contributed by atoms with Gasteiger partial charge in [-0.2, -0.15) is 0 Å². The van der Waals surface area contributed by atoms with Gasteiger partial charge in [0.2, 0.25) is 11.8 Å². The monoisotopic (exact) mass is 175 g/mol. The molecule has 0 spiro atoms. The summed E-state index contributed by atoms with van der Waals surface area (Å²) >= 11 is 0. The molecule has 1 unspecified atom stereocenters. The number of carbonyl (C=O) groups is 2. The molecule has 0 radical (unpaired) electrons.